The number of ether oxygens (including phenoxy) is 2. The number of hydrogen-bond acceptors (Lipinski definition) is 6. The van der Waals surface area contributed by atoms with Crippen molar-refractivity contribution in [2.45, 2.75) is 76.8 Å². The van der Waals surface area contributed by atoms with Crippen LogP contribution >= 0.6 is 0 Å². The highest BCUT2D eigenvalue weighted by Gasteiger charge is 2.75. The minimum absolute atomic E-state index is 0.234. The number of likely N-dealkylation sites (tertiary alicyclic amines) is 1. The summed E-state index contributed by atoms with van der Waals surface area (Å²) in [6.45, 7) is 12.4. The van der Waals surface area contributed by atoms with Gasteiger partial charge in [-0.3, -0.25) is 14.4 Å². The van der Waals surface area contributed by atoms with Crippen molar-refractivity contribution in [2.24, 2.45) is 11.8 Å². The smallest absolute Gasteiger partial charge is 0.249 e. The molecule has 9 nitrogen and oxygen atoms in total. The monoisotopic (exact) mass is 551 g/mol. The molecule has 0 saturated carbocycles. The second-order valence-electron chi connectivity index (χ2n) is 12.3. The number of aliphatic hydroxyl groups excluding tert-OH is 1. The molecule has 4 heterocycles. The van der Waals surface area contributed by atoms with E-state index in [0.29, 0.717) is 37.6 Å². The number of rotatable bonds is 6. The molecule has 1 unspecified atom stereocenters. The molecule has 1 aromatic rings. The van der Waals surface area contributed by atoms with Crippen molar-refractivity contribution in [1.82, 2.24) is 9.80 Å². The molecule has 0 aromatic heterocycles. The summed E-state index contributed by atoms with van der Waals surface area (Å²) in [5, 5.41) is 10.3. The second-order valence-corrected chi connectivity index (χ2v) is 12.3. The summed E-state index contributed by atoms with van der Waals surface area (Å²) in [5.41, 5.74) is -2.27. The molecule has 6 atom stereocenters. The zero-order chi connectivity index (χ0) is 29.0. The van der Waals surface area contributed by atoms with Crippen LogP contribution in [0.2, 0.25) is 0 Å². The van der Waals surface area contributed by atoms with Crippen LogP contribution in [0.3, 0.4) is 0 Å². The standard InChI is InChI=1S/C31H41N3O6/c1-7-20(19-35)34-25-28(38)33(29(3,4)5)18-10-16-31(25)24(27(34)37)23-26(36)32(17-9-15-30(23,6)40-31)21-11-13-22(14-12-21)39-8-2/h9-16,20,23-25,35H,7-8,17-19H2,1-6H3/t20-,23+,24-,25?,30-,31-/m0/s1. The number of anilines is 1. The third kappa shape index (κ3) is 4.16. The maximum Gasteiger partial charge on any atom is 0.249 e. The highest BCUT2D eigenvalue weighted by atomic mass is 16.5. The van der Waals surface area contributed by atoms with E-state index in [1.54, 1.807) is 9.80 Å². The average Bonchev–Trinajstić information content (AvgIpc) is 3.16. The normalized spacial score (nSPS) is 32.5. The Labute approximate surface area is 236 Å². The van der Waals surface area contributed by atoms with E-state index in [1.807, 2.05) is 90.1 Å². The summed E-state index contributed by atoms with van der Waals surface area (Å²) in [5.74, 6) is -1.89. The van der Waals surface area contributed by atoms with Gasteiger partial charge in [-0.05, 0) is 65.3 Å². The molecule has 40 heavy (non-hydrogen) atoms. The number of aliphatic hydroxyl groups is 1. The van der Waals surface area contributed by atoms with Gasteiger partial charge in [-0.25, -0.2) is 0 Å². The number of hydrogen-bond donors (Lipinski definition) is 1. The highest BCUT2D eigenvalue weighted by molar-refractivity contribution is 6.04. The molecule has 1 aromatic carbocycles. The maximum absolute atomic E-state index is 14.5. The minimum Gasteiger partial charge on any atom is -0.494 e. The largest absolute Gasteiger partial charge is 0.494 e. The van der Waals surface area contributed by atoms with Crippen molar-refractivity contribution >= 4 is 23.4 Å². The first-order valence-corrected chi connectivity index (χ1v) is 14.3. The molecule has 4 aliphatic rings. The molecule has 0 radical (unpaired) electrons. The topological polar surface area (TPSA) is 99.6 Å². The number of carbonyl (C=O) groups excluding carboxylic acids is 3. The molecule has 0 bridgehead atoms. The van der Waals surface area contributed by atoms with Crippen LogP contribution in [-0.2, 0) is 19.1 Å². The van der Waals surface area contributed by atoms with E-state index in [1.165, 1.54) is 4.90 Å². The van der Waals surface area contributed by atoms with Crippen LogP contribution in [0.15, 0.2) is 48.6 Å². The third-order valence-corrected chi connectivity index (χ3v) is 8.84. The Morgan fingerprint density at radius 3 is 2.27 bits per heavy atom. The van der Waals surface area contributed by atoms with Gasteiger partial charge in [0, 0.05) is 24.3 Å². The Kier molecular flexibility index (Phi) is 7.11. The van der Waals surface area contributed by atoms with E-state index in [0.717, 1.165) is 0 Å². The fraction of sp³-hybridized carbons (Fsp3) is 0.581. The molecule has 5 rings (SSSR count). The van der Waals surface area contributed by atoms with Gasteiger partial charge in [0.15, 0.2) is 0 Å². The van der Waals surface area contributed by atoms with Crippen molar-refractivity contribution in [3.63, 3.8) is 0 Å². The SMILES string of the molecule is CCOc1ccc(N2CC=C[C@]3(C)O[C@]45C=CCN(C(C)(C)C)C(=O)C4N([C@@H](CC)CO)C(=O)[C@@H]5[C@@H]3C2=O)cc1. The Morgan fingerprint density at radius 1 is 1.00 bits per heavy atom. The molecule has 0 aliphatic carbocycles. The van der Waals surface area contributed by atoms with Gasteiger partial charge in [0.05, 0.1) is 36.7 Å². The summed E-state index contributed by atoms with van der Waals surface area (Å²) in [7, 11) is 0. The van der Waals surface area contributed by atoms with E-state index in [-0.39, 0.29) is 24.3 Å². The number of amides is 3. The van der Waals surface area contributed by atoms with Crippen molar-refractivity contribution in [2.75, 3.05) is 31.2 Å². The Morgan fingerprint density at radius 2 is 1.68 bits per heavy atom. The lowest BCUT2D eigenvalue weighted by molar-refractivity contribution is -0.157. The van der Waals surface area contributed by atoms with Crippen LogP contribution in [0.25, 0.3) is 0 Å². The Bertz CT molecular complexity index is 1230. The van der Waals surface area contributed by atoms with Gasteiger partial charge >= 0.3 is 0 Å². The van der Waals surface area contributed by atoms with Crippen LogP contribution in [0.1, 0.15) is 48.0 Å². The molecule has 1 N–H and O–H groups in total. The van der Waals surface area contributed by atoms with E-state index in [9.17, 15) is 19.5 Å². The van der Waals surface area contributed by atoms with E-state index in [2.05, 4.69) is 0 Å². The molecular formula is C31H41N3O6. The first-order valence-electron chi connectivity index (χ1n) is 14.3. The lowest BCUT2D eigenvalue weighted by Crippen LogP contribution is -2.61. The quantitative estimate of drug-likeness (QED) is 0.546. The van der Waals surface area contributed by atoms with Crippen LogP contribution in [0, 0.1) is 11.8 Å². The summed E-state index contributed by atoms with van der Waals surface area (Å²) in [6, 6.07) is 5.75. The zero-order valence-electron chi connectivity index (χ0n) is 24.3. The molecule has 4 aliphatic heterocycles. The predicted octanol–water partition coefficient (Wildman–Crippen LogP) is 2.93. The summed E-state index contributed by atoms with van der Waals surface area (Å²) < 4.78 is 12.4. The van der Waals surface area contributed by atoms with Crippen molar-refractivity contribution < 1.29 is 29.0 Å². The highest BCUT2D eigenvalue weighted by Crippen LogP contribution is 2.58. The lowest BCUT2D eigenvalue weighted by atomic mass is 9.74. The molecule has 216 valence electrons. The number of nitrogens with zero attached hydrogens (tertiary/aromatic N) is 3. The van der Waals surface area contributed by atoms with E-state index >= 15 is 0 Å². The van der Waals surface area contributed by atoms with Crippen LogP contribution < -0.4 is 9.64 Å². The molecule has 3 amide bonds. The first kappa shape index (κ1) is 28.4. The van der Waals surface area contributed by atoms with E-state index < -0.39 is 40.7 Å². The predicted molar refractivity (Wildman–Crippen MR) is 151 cm³/mol. The average molecular weight is 552 g/mol. The molecule has 9 heteroatoms. The van der Waals surface area contributed by atoms with Gasteiger partial charge in [-0.15, -0.1) is 0 Å². The van der Waals surface area contributed by atoms with Gasteiger partial charge in [0.1, 0.15) is 17.4 Å². The summed E-state index contributed by atoms with van der Waals surface area (Å²) in [6.07, 6.45) is 7.97. The van der Waals surface area contributed by atoms with Crippen LogP contribution in [0.5, 0.6) is 5.75 Å². The van der Waals surface area contributed by atoms with Crippen molar-refractivity contribution in [1.29, 1.82) is 0 Å². The number of fused-ring (bicyclic) bond motifs is 2. The van der Waals surface area contributed by atoms with E-state index in [4.69, 9.17) is 9.47 Å². The fourth-order valence-corrected chi connectivity index (χ4v) is 6.99. The molecule has 2 fully saturated rings. The Balaban J connectivity index is 1.63. The first-order chi connectivity index (χ1) is 18.9. The summed E-state index contributed by atoms with van der Waals surface area (Å²) in [4.78, 5) is 48.2. The zero-order valence-corrected chi connectivity index (χ0v) is 24.3. The lowest BCUT2D eigenvalue weighted by Gasteiger charge is -2.42. The number of carbonyl (C=O) groups is 3. The maximum atomic E-state index is 14.5. The van der Waals surface area contributed by atoms with Gasteiger partial charge in [0.25, 0.3) is 0 Å². The number of benzene rings is 1. The molecule has 2 saturated heterocycles. The van der Waals surface area contributed by atoms with Gasteiger partial charge in [-0.2, -0.15) is 0 Å². The van der Waals surface area contributed by atoms with Gasteiger partial charge in [-0.1, -0.05) is 31.2 Å². The van der Waals surface area contributed by atoms with Crippen LogP contribution in [-0.4, -0.2) is 87.8 Å². The van der Waals surface area contributed by atoms with Crippen molar-refractivity contribution in [3.05, 3.63) is 48.6 Å². The Hall–Kier alpha value is -3.17. The fourth-order valence-electron chi connectivity index (χ4n) is 6.99. The molecular weight excluding hydrogens is 510 g/mol. The van der Waals surface area contributed by atoms with Crippen molar-refractivity contribution in [3.8, 4) is 5.75 Å². The third-order valence-electron chi connectivity index (χ3n) is 8.84. The van der Waals surface area contributed by atoms with Gasteiger partial charge < -0.3 is 29.3 Å². The minimum atomic E-state index is -1.35. The second kappa shape index (κ2) is 10.0. The van der Waals surface area contributed by atoms with Gasteiger partial charge in [0.2, 0.25) is 17.7 Å². The van der Waals surface area contributed by atoms with Crippen LogP contribution in [0.4, 0.5) is 5.69 Å². The molecule has 1 spiro atoms. The summed E-state index contributed by atoms with van der Waals surface area (Å²) >= 11 is 0.